The highest BCUT2D eigenvalue weighted by Crippen LogP contribution is 2.30. The molecule has 0 radical (unpaired) electrons. The first-order chi connectivity index (χ1) is 15.8. The van der Waals surface area contributed by atoms with Crippen LogP contribution in [0.5, 0.6) is 5.75 Å². The zero-order valence-electron chi connectivity index (χ0n) is 19.6. The average Bonchev–Trinajstić information content (AvgIpc) is 3.32. The van der Waals surface area contributed by atoms with E-state index < -0.39 is 0 Å². The molecular formula is C25H36IN5O2. The first-order valence-electron chi connectivity index (χ1n) is 11.6. The smallest absolute Gasteiger partial charge is 0.191 e. The lowest BCUT2D eigenvalue weighted by Gasteiger charge is -2.28. The van der Waals surface area contributed by atoms with Crippen molar-refractivity contribution in [1.29, 1.82) is 0 Å². The number of hydrogen-bond donors (Lipinski definition) is 2. The molecule has 0 aromatic heterocycles. The first kappa shape index (κ1) is 25.4. The monoisotopic (exact) mass is 565 g/mol. The largest absolute Gasteiger partial charge is 0.495 e. The van der Waals surface area contributed by atoms with Crippen molar-refractivity contribution in [2.45, 2.75) is 25.9 Å². The highest BCUT2D eigenvalue weighted by molar-refractivity contribution is 14.0. The summed E-state index contributed by atoms with van der Waals surface area (Å²) >= 11 is 0. The fourth-order valence-corrected chi connectivity index (χ4v) is 4.31. The summed E-state index contributed by atoms with van der Waals surface area (Å²) in [5, 5.41) is 7.02. The number of rotatable bonds is 7. The van der Waals surface area contributed by atoms with Crippen LogP contribution in [0.3, 0.4) is 0 Å². The lowest BCUT2D eigenvalue weighted by atomic mass is 10.2. The molecule has 0 bridgehead atoms. The summed E-state index contributed by atoms with van der Waals surface area (Å²) in [5.74, 6) is 1.80. The maximum absolute atomic E-state index is 5.54. The number of halogens is 1. The fourth-order valence-electron chi connectivity index (χ4n) is 4.31. The van der Waals surface area contributed by atoms with Gasteiger partial charge in [-0.05, 0) is 43.2 Å². The molecule has 2 saturated heterocycles. The summed E-state index contributed by atoms with van der Waals surface area (Å²) in [5.41, 5.74) is 3.62. The molecule has 2 aliphatic rings. The third-order valence-electron chi connectivity index (χ3n) is 6.03. The number of nitrogens with zero attached hydrogens (tertiary/aromatic N) is 3. The highest BCUT2D eigenvalue weighted by Gasteiger charge is 2.25. The number of nitrogens with one attached hydrogen (secondary N) is 2. The molecule has 180 valence electrons. The summed E-state index contributed by atoms with van der Waals surface area (Å²) in [6.45, 7) is 9.05. The summed E-state index contributed by atoms with van der Waals surface area (Å²) in [7, 11) is 1.73. The molecule has 1 unspecified atom stereocenters. The molecule has 2 heterocycles. The van der Waals surface area contributed by atoms with E-state index in [0.717, 1.165) is 69.8 Å². The molecule has 0 amide bonds. The Kier molecular flexibility index (Phi) is 9.93. The molecule has 2 fully saturated rings. The number of aliphatic imine (C=N–C) groups is 1. The zero-order valence-corrected chi connectivity index (χ0v) is 22.0. The molecule has 1 atom stereocenters. The van der Waals surface area contributed by atoms with Gasteiger partial charge < -0.3 is 29.9 Å². The van der Waals surface area contributed by atoms with E-state index in [2.05, 4.69) is 63.8 Å². The second kappa shape index (κ2) is 12.9. The molecule has 4 rings (SSSR count). The zero-order chi connectivity index (χ0) is 22.2. The predicted octanol–water partition coefficient (Wildman–Crippen LogP) is 3.48. The fraction of sp³-hybridized carbons (Fsp3) is 0.480. The SMILES string of the molecule is CCNC(=NCc1ccc(N2CCOCC2)cc1)NC1CCN(c2ccccc2OC)C1.I. The molecule has 8 heteroatoms. The van der Waals surface area contributed by atoms with Crippen LogP contribution in [0.1, 0.15) is 18.9 Å². The maximum Gasteiger partial charge on any atom is 0.191 e. The molecular weight excluding hydrogens is 529 g/mol. The van der Waals surface area contributed by atoms with Gasteiger partial charge in [0.2, 0.25) is 0 Å². The molecule has 2 aliphatic heterocycles. The van der Waals surface area contributed by atoms with Crippen LogP contribution in [0.4, 0.5) is 11.4 Å². The van der Waals surface area contributed by atoms with Crippen molar-refractivity contribution in [1.82, 2.24) is 10.6 Å². The van der Waals surface area contributed by atoms with E-state index in [9.17, 15) is 0 Å². The van der Waals surface area contributed by atoms with E-state index in [4.69, 9.17) is 14.5 Å². The van der Waals surface area contributed by atoms with Crippen molar-refractivity contribution in [3.63, 3.8) is 0 Å². The Balaban J connectivity index is 0.00000306. The van der Waals surface area contributed by atoms with E-state index in [0.29, 0.717) is 12.6 Å². The van der Waals surface area contributed by atoms with Crippen LogP contribution in [0.25, 0.3) is 0 Å². The van der Waals surface area contributed by atoms with Gasteiger partial charge in [-0.15, -0.1) is 24.0 Å². The van der Waals surface area contributed by atoms with Crippen LogP contribution in [-0.2, 0) is 11.3 Å². The summed E-state index contributed by atoms with van der Waals surface area (Å²) < 4.78 is 11.0. The maximum atomic E-state index is 5.54. The molecule has 7 nitrogen and oxygen atoms in total. The number of methoxy groups -OCH3 is 1. The normalized spacial score (nSPS) is 18.6. The van der Waals surface area contributed by atoms with E-state index in [1.165, 1.54) is 11.3 Å². The summed E-state index contributed by atoms with van der Waals surface area (Å²) in [6, 6.07) is 17.3. The van der Waals surface area contributed by atoms with Crippen LogP contribution in [-0.4, -0.2) is 65.0 Å². The van der Waals surface area contributed by atoms with Gasteiger partial charge in [-0.25, -0.2) is 4.99 Å². The Labute approximate surface area is 214 Å². The number of para-hydroxylation sites is 2. The van der Waals surface area contributed by atoms with Crippen molar-refractivity contribution >= 4 is 41.3 Å². The Morgan fingerprint density at radius 2 is 1.82 bits per heavy atom. The molecule has 2 aromatic carbocycles. The topological polar surface area (TPSA) is 61.4 Å². The Morgan fingerprint density at radius 1 is 1.06 bits per heavy atom. The first-order valence-corrected chi connectivity index (χ1v) is 11.6. The summed E-state index contributed by atoms with van der Waals surface area (Å²) in [4.78, 5) is 9.59. The molecule has 2 N–H and O–H groups in total. The van der Waals surface area contributed by atoms with Gasteiger partial charge in [0.25, 0.3) is 0 Å². The second-order valence-corrected chi connectivity index (χ2v) is 8.21. The van der Waals surface area contributed by atoms with Gasteiger partial charge in [-0.3, -0.25) is 0 Å². The molecule has 33 heavy (non-hydrogen) atoms. The second-order valence-electron chi connectivity index (χ2n) is 8.21. The predicted molar refractivity (Wildman–Crippen MR) is 146 cm³/mol. The standard InChI is InChI=1S/C25H35N5O2.HI/c1-3-26-25(27-18-20-8-10-22(11-9-20)29-14-16-32-17-15-29)28-21-12-13-30(19-21)23-6-4-5-7-24(23)31-2;/h4-11,21H,3,12-19H2,1-2H3,(H2,26,27,28);1H. The van der Waals surface area contributed by atoms with Gasteiger partial charge in [0.05, 0.1) is 32.6 Å². The Morgan fingerprint density at radius 3 is 2.55 bits per heavy atom. The van der Waals surface area contributed by atoms with Gasteiger partial charge >= 0.3 is 0 Å². The highest BCUT2D eigenvalue weighted by atomic mass is 127. The van der Waals surface area contributed by atoms with Crippen molar-refractivity contribution in [2.24, 2.45) is 4.99 Å². The molecule has 0 saturated carbocycles. The van der Waals surface area contributed by atoms with Gasteiger partial charge in [0.1, 0.15) is 5.75 Å². The number of morpholine rings is 1. The Bertz CT molecular complexity index is 887. The minimum atomic E-state index is 0. The molecule has 2 aromatic rings. The minimum absolute atomic E-state index is 0. The van der Waals surface area contributed by atoms with E-state index >= 15 is 0 Å². The van der Waals surface area contributed by atoms with Crippen molar-refractivity contribution < 1.29 is 9.47 Å². The van der Waals surface area contributed by atoms with Crippen molar-refractivity contribution in [3.05, 3.63) is 54.1 Å². The van der Waals surface area contributed by atoms with E-state index in [-0.39, 0.29) is 24.0 Å². The number of anilines is 2. The van der Waals surface area contributed by atoms with E-state index in [1.807, 2.05) is 12.1 Å². The quantitative estimate of drug-likeness (QED) is 0.305. The van der Waals surface area contributed by atoms with Gasteiger partial charge in [0.15, 0.2) is 5.96 Å². The van der Waals surface area contributed by atoms with Crippen LogP contribution < -0.4 is 25.2 Å². The third-order valence-corrected chi connectivity index (χ3v) is 6.03. The van der Waals surface area contributed by atoms with Crippen LogP contribution in [0.2, 0.25) is 0 Å². The molecule has 0 spiro atoms. The third kappa shape index (κ3) is 6.89. The van der Waals surface area contributed by atoms with Gasteiger partial charge in [-0.1, -0.05) is 24.3 Å². The van der Waals surface area contributed by atoms with Gasteiger partial charge in [-0.2, -0.15) is 0 Å². The number of hydrogen-bond acceptors (Lipinski definition) is 5. The molecule has 0 aliphatic carbocycles. The van der Waals surface area contributed by atoms with Crippen LogP contribution in [0, 0.1) is 0 Å². The van der Waals surface area contributed by atoms with E-state index in [1.54, 1.807) is 7.11 Å². The minimum Gasteiger partial charge on any atom is -0.495 e. The van der Waals surface area contributed by atoms with Crippen LogP contribution in [0.15, 0.2) is 53.5 Å². The summed E-state index contributed by atoms with van der Waals surface area (Å²) in [6.07, 6.45) is 1.07. The van der Waals surface area contributed by atoms with Crippen molar-refractivity contribution in [2.75, 3.05) is 62.8 Å². The number of benzene rings is 2. The lowest BCUT2D eigenvalue weighted by molar-refractivity contribution is 0.122. The average molecular weight is 566 g/mol. The van der Waals surface area contributed by atoms with Crippen LogP contribution >= 0.6 is 24.0 Å². The Hall–Kier alpha value is -2.20. The lowest BCUT2D eigenvalue weighted by Crippen LogP contribution is -2.44. The number of ether oxygens (including phenoxy) is 2. The number of guanidine groups is 1. The van der Waals surface area contributed by atoms with Gasteiger partial charge in [0, 0.05) is 44.5 Å². The van der Waals surface area contributed by atoms with Crippen molar-refractivity contribution in [3.8, 4) is 5.75 Å².